The lowest BCUT2D eigenvalue weighted by Gasteiger charge is -2.14. The van der Waals surface area contributed by atoms with E-state index in [1.807, 2.05) is 0 Å². The van der Waals surface area contributed by atoms with Crippen LogP contribution in [0.2, 0.25) is 0 Å². The van der Waals surface area contributed by atoms with Crippen LogP contribution in [-0.4, -0.2) is 0 Å². The molecule has 2 aromatic carbocycles. The minimum atomic E-state index is -0.0488. The van der Waals surface area contributed by atoms with Gasteiger partial charge < -0.3 is 5.73 Å². The summed E-state index contributed by atoms with van der Waals surface area (Å²) in [6.45, 7) is 2.10. The summed E-state index contributed by atoms with van der Waals surface area (Å²) < 4.78 is 1.30. The van der Waals surface area contributed by atoms with E-state index in [1.165, 1.54) is 26.8 Å². The van der Waals surface area contributed by atoms with Crippen LogP contribution in [0.4, 0.5) is 0 Å². The van der Waals surface area contributed by atoms with E-state index >= 15 is 0 Å². The lowest BCUT2D eigenvalue weighted by atomic mass is 9.97. The van der Waals surface area contributed by atoms with Crippen molar-refractivity contribution in [1.82, 2.24) is 0 Å². The number of rotatable bonds is 2. The van der Waals surface area contributed by atoms with Crippen molar-refractivity contribution < 1.29 is 0 Å². The van der Waals surface area contributed by atoms with Crippen LogP contribution in [0.1, 0.15) is 22.7 Å². The van der Waals surface area contributed by atoms with Crippen LogP contribution < -0.4 is 5.73 Å². The van der Waals surface area contributed by atoms with Crippen molar-refractivity contribution >= 4 is 21.4 Å². The summed E-state index contributed by atoms with van der Waals surface area (Å²) in [5.74, 6) is 0. The summed E-state index contributed by atoms with van der Waals surface area (Å²) in [5.41, 5.74) is 10.1. The number of hydrogen-bond donors (Lipinski definition) is 1. The number of thiophene rings is 1. The standard InChI is InChI=1S/C16H15NS/c1-11-4-2-6-13(10-11)15(17)14-7-3-5-12-8-9-18-16(12)14/h2-10,15H,17H2,1H3. The van der Waals surface area contributed by atoms with Gasteiger partial charge in [-0.2, -0.15) is 0 Å². The Morgan fingerprint density at radius 3 is 2.72 bits per heavy atom. The Hall–Kier alpha value is -1.64. The molecule has 0 radical (unpaired) electrons. The Bertz CT molecular complexity index is 684. The number of fused-ring (bicyclic) bond motifs is 1. The number of benzene rings is 2. The van der Waals surface area contributed by atoms with Crippen LogP contribution >= 0.6 is 11.3 Å². The fourth-order valence-electron chi connectivity index (χ4n) is 2.30. The molecule has 0 amide bonds. The number of nitrogens with two attached hydrogens (primary N) is 1. The molecule has 1 atom stereocenters. The zero-order valence-corrected chi connectivity index (χ0v) is 11.1. The molecule has 0 aliphatic heterocycles. The van der Waals surface area contributed by atoms with Crippen LogP contribution in [0.25, 0.3) is 10.1 Å². The highest BCUT2D eigenvalue weighted by molar-refractivity contribution is 7.17. The third kappa shape index (κ3) is 1.94. The first kappa shape index (κ1) is 11.5. The molecule has 18 heavy (non-hydrogen) atoms. The molecule has 1 aromatic heterocycles. The molecule has 2 heteroatoms. The van der Waals surface area contributed by atoms with Crippen molar-refractivity contribution in [3.8, 4) is 0 Å². The van der Waals surface area contributed by atoms with Crippen molar-refractivity contribution in [2.45, 2.75) is 13.0 Å². The van der Waals surface area contributed by atoms with Crippen LogP contribution in [0, 0.1) is 6.92 Å². The topological polar surface area (TPSA) is 26.0 Å². The zero-order valence-electron chi connectivity index (χ0n) is 10.3. The normalized spacial score (nSPS) is 12.8. The highest BCUT2D eigenvalue weighted by Gasteiger charge is 2.12. The molecule has 0 saturated carbocycles. The lowest BCUT2D eigenvalue weighted by molar-refractivity contribution is 0.880. The van der Waals surface area contributed by atoms with Gasteiger partial charge in [-0.1, -0.05) is 48.0 Å². The van der Waals surface area contributed by atoms with Crippen molar-refractivity contribution in [3.05, 3.63) is 70.6 Å². The molecular formula is C16H15NS. The molecule has 90 valence electrons. The Morgan fingerprint density at radius 1 is 1.06 bits per heavy atom. The molecule has 0 aliphatic rings. The summed E-state index contributed by atoms with van der Waals surface area (Å²) in [6, 6.07) is 16.9. The number of hydrogen-bond acceptors (Lipinski definition) is 2. The van der Waals surface area contributed by atoms with Crippen LogP contribution in [0.3, 0.4) is 0 Å². The quantitative estimate of drug-likeness (QED) is 0.725. The van der Waals surface area contributed by atoms with E-state index in [2.05, 4.69) is 60.8 Å². The van der Waals surface area contributed by atoms with Gasteiger partial charge >= 0.3 is 0 Å². The molecule has 0 fully saturated rings. The highest BCUT2D eigenvalue weighted by Crippen LogP contribution is 2.31. The van der Waals surface area contributed by atoms with Crippen molar-refractivity contribution in [2.24, 2.45) is 5.73 Å². The van der Waals surface area contributed by atoms with Gasteiger partial charge in [-0.3, -0.25) is 0 Å². The molecule has 0 spiro atoms. The van der Waals surface area contributed by atoms with Crippen molar-refractivity contribution in [3.63, 3.8) is 0 Å². The van der Waals surface area contributed by atoms with E-state index in [4.69, 9.17) is 5.73 Å². The van der Waals surface area contributed by atoms with Gasteiger partial charge in [0.1, 0.15) is 0 Å². The molecule has 1 heterocycles. The van der Waals surface area contributed by atoms with E-state index in [1.54, 1.807) is 11.3 Å². The van der Waals surface area contributed by atoms with Crippen LogP contribution in [0.15, 0.2) is 53.9 Å². The van der Waals surface area contributed by atoms with Crippen molar-refractivity contribution in [2.75, 3.05) is 0 Å². The second kappa shape index (κ2) is 4.56. The first-order chi connectivity index (χ1) is 8.75. The maximum atomic E-state index is 6.42. The third-order valence-electron chi connectivity index (χ3n) is 3.25. The Balaban J connectivity index is 2.12. The smallest absolute Gasteiger partial charge is 0.0565 e. The van der Waals surface area contributed by atoms with E-state index in [0.29, 0.717) is 0 Å². The Morgan fingerprint density at radius 2 is 1.89 bits per heavy atom. The molecule has 0 bridgehead atoms. The lowest BCUT2D eigenvalue weighted by Crippen LogP contribution is -2.11. The fourth-order valence-corrected chi connectivity index (χ4v) is 3.26. The van der Waals surface area contributed by atoms with Gasteiger partial charge in [0.05, 0.1) is 6.04 Å². The first-order valence-electron chi connectivity index (χ1n) is 6.04. The maximum absolute atomic E-state index is 6.42. The molecule has 3 rings (SSSR count). The average Bonchev–Trinajstić information content (AvgIpc) is 2.86. The summed E-state index contributed by atoms with van der Waals surface area (Å²) in [5, 5.41) is 3.40. The van der Waals surface area contributed by atoms with Gasteiger partial charge in [0.25, 0.3) is 0 Å². The average molecular weight is 253 g/mol. The van der Waals surface area contributed by atoms with Gasteiger partial charge in [0.2, 0.25) is 0 Å². The molecule has 1 unspecified atom stereocenters. The second-order valence-corrected chi connectivity index (χ2v) is 5.49. The van der Waals surface area contributed by atoms with Crippen molar-refractivity contribution in [1.29, 1.82) is 0 Å². The number of aryl methyl sites for hydroxylation is 1. The van der Waals surface area contributed by atoms with Gasteiger partial charge in [-0.05, 0) is 34.9 Å². The van der Waals surface area contributed by atoms with E-state index < -0.39 is 0 Å². The Kier molecular flexibility index (Phi) is 2.90. The summed E-state index contributed by atoms with van der Waals surface area (Å²) >= 11 is 1.76. The van der Waals surface area contributed by atoms with E-state index in [0.717, 1.165) is 0 Å². The van der Waals surface area contributed by atoms with Gasteiger partial charge in [0.15, 0.2) is 0 Å². The van der Waals surface area contributed by atoms with Gasteiger partial charge in [-0.25, -0.2) is 0 Å². The molecule has 3 aromatic rings. The van der Waals surface area contributed by atoms with Gasteiger partial charge in [0, 0.05) is 4.70 Å². The van der Waals surface area contributed by atoms with Crippen LogP contribution in [0.5, 0.6) is 0 Å². The zero-order chi connectivity index (χ0) is 12.5. The van der Waals surface area contributed by atoms with Crippen LogP contribution in [-0.2, 0) is 0 Å². The summed E-state index contributed by atoms with van der Waals surface area (Å²) in [6.07, 6.45) is 0. The minimum Gasteiger partial charge on any atom is -0.320 e. The molecule has 0 aliphatic carbocycles. The summed E-state index contributed by atoms with van der Waals surface area (Å²) in [4.78, 5) is 0. The summed E-state index contributed by atoms with van der Waals surface area (Å²) in [7, 11) is 0. The van der Waals surface area contributed by atoms with E-state index in [-0.39, 0.29) is 6.04 Å². The minimum absolute atomic E-state index is 0.0488. The molecule has 2 N–H and O–H groups in total. The largest absolute Gasteiger partial charge is 0.320 e. The SMILES string of the molecule is Cc1cccc(C(N)c2cccc3ccsc23)c1. The Labute approximate surface area is 111 Å². The maximum Gasteiger partial charge on any atom is 0.0565 e. The molecule has 0 saturated heterocycles. The second-order valence-electron chi connectivity index (χ2n) is 4.58. The third-order valence-corrected chi connectivity index (χ3v) is 4.23. The highest BCUT2D eigenvalue weighted by atomic mass is 32.1. The first-order valence-corrected chi connectivity index (χ1v) is 6.92. The predicted molar refractivity (Wildman–Crippen MR) is 79.0 cm³/mol. The van der Waals surface area contributed by atoms with Gasteiger partial charge in [-0.15, -0.1) is 11.3 Å². The van der Waals surface area contributed by atoms with E-state index in [9.17, 15) is 0 Å². The fraction of sp³-hybridized carbons (Fsp3) is 0.125. The monoisotopic (exact) mass is 253 g/mol. The molecular weight excluding hydrogens is 238 g/mol. The molecule has 1 nitrogen and oxygen atoms in total. The predicted octanol–water partition coefficient (Wildman–Crippen LogP) is 4.26.